The molecule has 0 saturated heterocycles. The van der Waals surface area contributed by atoms with Crippen molar-refractivity contribution in [2.75, 3.05) is 5.32 Å². The number of aromatic nitrogens is 2. The van der Waals surface area contributed by atoms with E-state index in [0.29, 0.717) is 16.6 Å². The quantitative estimate of drug-likeness (QED) is 0.495. The van der Waals surface area contributed by atoms with Crippen LogP contribution in [-0.4, -0.2) is 15.7 Å². The van der Waals surface area contributed by atoms with Crippen molar-refractivity contribution >= 4 is 40.9 Å². The van der Waals surface area contributed by atoms with E-state index in [-0.39, 0.29) is 5.91 Å². The Labute approximate surface area is 186 Å². The number of halogens is 2. The largest absolute Gasteiger partial charge is 0.323 e. The number of hydrogen-bond donors (Lipinski definition) is 1. The normalized spacial score (nSPS) is 13.1. The zero-order valence-corrected chi connectivity index (χ0v) is 18.5. The lowest BCUT2D eigenvalue weighted by Gasteiger charge is -2.09. The van der Waals surface area contributed by atoms with Crippen LogP contribution in [0.15, 0.2) is 42.5 Å². The van der Waals surface area contributed by atoms with Gasteiger partial charge in [-0.1, -0.05) is 35.3 Å². The van der Waals surface area contributed by atoms with Crippen LogP contribution in [0.5, 0.6) is 0 Å². The van der Waals surface area contributed by atoms with Gasteiger partial charge in [0.25, 0.3) is 0 Å². The summed E-state index contributed by atoms with van der Waals surface area (Å²) in [5.41, 5.74) is 7.10. The molecule has 0 unspecified atom stereocenters. The molecule has 0 spiro atoms. The van der Waals surface area contributed by atoms with Crippen LogP contribution in [0, 0.1) is 13.8 Å². The second-order valence-corrected chi connectivity index (χ2v) is 8.42. The third-order valence-electron chi connectivity index (χ3n) is 5.57. The van der Waals surface area contributed by atoms with Gasteiger partial charge in [0.05, 0.1) is 12.2 Å². The number of benzene rings is 2. The van der Waals surface area contributed by atoms with E-state index in [0.717, 1.165) is 41.0 Å². The summed E-state index contributed by atoms with van der Waals surface area (Å²) in [6, 6.07) is 11.6. The van der Waals surface area contributed by atoms with E-state index < -0.39 is 0 Å². The van der Waals surface area contributed by atoms with Gasteiger partial charge in [-0.05, 0) is 74.6 Å². The Morgan fingerprint density at radius 1 is 1.13 bits per heavy atom. The minimum absolute atomic E-state index is 0.159. The highest BCUT2D eigenvalue weighted by Gasteiger charge is 2.14. The maximum Gasteiger partial charge on any atom is 0.248 e. The van der Waals surface area contributed by atoms with Crippen LogP contribution in [0.25, 0.3) is 6.08 Å². The molecular weight excluding hydrogens is 417 g/mol. The molecule has 1 aromatic heterocycles. The lowest BCUT2D eigenvalue weighted by molar-refractivity contribution is -0.111. The molecule has 0 aliphatic heterocycles. The van der Waals surface area contributed by atoms with Gasteiger partial charge in [0.15, 0.2) is 0 Å². The zero-order valence-electron chi connectivity index (χ0n) is 17.0. The van der Waals surface area contributed by atoms with Crippen LogP contribution in [-0.2, 0) is 24.2 Å². The Kier molecular flexibility index (Phi) is 5.98. The molecule has 0 saturated carbocycles. The standard InChI is InChI=1S/C24H23Cl2N3O/c1-15-20(16(2)29(28-15)14-21-22(25)7-4-8-23(21)26)11-12-24(30)27-19-10-9-17-5-3-6-18(17)13-19/h4,7-13H,3,5-6,14H2,1-2H3,(H,27,30). The average molecular weight is 440 g/mol. The topological polar surface area (TPSA) is 46.9 Å². The van der Waals surface area contributed by atoms with E-state index in [2.05, 4.69) is 22.5 Å². The summed E-state index contributed by atoms with van der Waals surface area (Å²) in [6.07, 6.45) is 6.77. The first-order valence-corrected chi connectivity index (χ1v) is 10.8. The van der Waals surface area contributed by atoms with E-state index in [1.165, 1.54) is 17.5 Å². The predicted octanol–water partition coefficient (Wildman–Crippen LogP) is 6.00. The van der Waals surface area contributed by atoms with Gasteiger partial charge in [0.1, 0.15) is 0 Å². The van der Waals surface area contributed by atoms with E-state index in [1.54, 1.807) is 6.08 Å². The Bertz CT molecular complexity index is 1130. The molecule has 1 heterocycles. The summed E-state index contributed by atoms with van der Waals surface area (Å²) in [4.78, 5) is 12.4. The van der Waals surface area contributed by atoms with Gasteiger partial charge >= 0.3 is 0 Å². The number of carbonyl (C=O) groups excluding carboxylic acids is 1. The van der Waals surface area contributed by atoms with Crippen LogP contribution < -0.4 is 5.32 Å². The van der Waals surface area contributed by atoms with Gasteiger partial charge in [-0.2, -0.15) is 5.10 Å². The number of hydrogen-bond acceptors (Lipinski definition) is 2. The van der Waals surface area contributed by atoms with Crippen LogP contribution in [0.2, 0.25) is 10.0 Å². The number of rotatable bonds is 5. The number of anilines is 1. The maximum absolute atomic E-state index is 12.4. The average Bonchev–Trinajstić information content (AvgIpc) is 3.27. The summed E-state index contributed by atoms with van der Waals surface area (Å²) in [7, 11) is 0. The highest BCUT2D eigenvalue weighted by molar-refractivity contribution is 6.35. The molecule has 2 aromatic carbocycles. The Hall–Kier alpha value is -2.56. The van der Waals surface area contributed by atoms with Crippen molar-refractivity contribution < 1.29 is 4.79 Å². The third kappa shape index (κ3) is 4.30. The van der Waals surface area contributed by atoms with Crippen molar-refractivity contribution in [2.24, 2.45) is 0 Å². The van der Waals surface area contributed by atoms with Gasteiger partial charge in [-0.25, -0.2) is 0 Å². The Balaban J connectivity index is 1.49. The van der Waals surface area contributed by atoms with Crippen LogP contribution in [0.4, 0.5) is 5.69 Å². The summed E-state index contributed by atoms with van der Waals surface area (Å²) in [5.74, 6) is -0.159. The first kappa shape index (κ1) is 20.7. The van der Waals surface area contributed by atoms with Crippen molar-refractivity contribution in [3.05, 3.63) is 86.2 Å². The molecule has 4 nitrogen and oxygen atoms in total. The molecule has 6 heteroatoms. The molecule has 30 heavy (non-hydrogen) atoms. The van der Waals surface area contributed by atoms with Crippen molar-refractivity contribution in [3.8, 4) is 0 Å². The molecule has 154 valence electrons. The smallest absolute Gasteiger partial charge is 0.248 e. The number of aryl methyl sites for hydroxylation is 3. The van der Waals surface area contributed by atoms with Gasteiger partial charge in [-0.15, -0.1) is 0 Å². The van der Waals surface area contributed by atoms with Gasteiger partial charge in [0.2, 0.25) is 5.91 Å². The van der Waals surface area contributed by atoms with Crippen LogP contribution in [0.1, 0.15) is 40.1 Å². The monoisotopic (exact) mass is 439 g/mol. The molecule has 0 radical (unpaired) electrons. The van der Waals surface area contributed by atoms with Gasteiger partial charge in [-0.3, -0.25) is 9.48 Å². The second kappa shape index (κ2) is 8.66. The fraction of sp³-hybridized carbons (Fsp3) is 0.250. The minimum atomic E-state index is -0.159. The van der Waals surface area contributed by atoms with Crippen LogP contribution in [0.3, 0.4) is 0 Å². The molecule has 0 bridgehead atoms. The van der Waals surface area contributed by atoms with E-state index >= 15 is 0 Å². The molecule has 4 rings (SSSR count). The number of nitrogens with zero attached hydrogens (tertiary/aromatic N) is 2. The third-order valence-corrected chi connectivity index (χ3v) is 6.28. The molecule has 1 aliphatic rings. The minimum Gasteiger partial charge on any atom is -0.323 e. The number of nitrogens with one attached hydrogen (secondary N) is 1. The van der Waals surface area contributed by atoms with E-state index in [4.69, 9.17) is 23.2 Å². The maximum atomic E-state index is 12.4. The van der Waals surface area contributed by atoms with Crippen molar-refractivity contribution in [3.63, 3.8) is 0 Å². The van der Waals surface area contributed by atoms with Crippen LogP contribution >= 0.6 is 23.2 Å². The first-order valence-electron chi connectivity index (χ1n) is 10.00. The fourth-order valence-corrected chi connectivity index (χ4v) is 4.45. The SMILES string of the molecule is Cc1nn(Cc2c(Cl)cccc2Cl)c(C)c1C=CC(=O)Nc1ccc2c(c1)CCC2. The number of amides is 1. The molecule has 1 N–H and O–H groups in total. The van der Waals surface area contributed by atoms with Crippen molar-refractivity contribution in [1.29, 1.82) is 0 Å². The van der Waals surface area contributed by atoms with Gasteiger partial charge < -0.3 is 5.32 Å². The summed E-state index contributed by atoms with van der Waals surface area (Å²) < 4.78 is 1.86. The Morgan fingerprint density at radius 3 is 2.63 bits per heavy atom. The van der Waals surface area contributed by atoms with E-state index in [9.17, 15) is 4.79 Å². The fourth-order valence-electron chi connectivity index (χ4n) is 3.93. The first-order chi connectivity index (χ1) is 14.4. The summed E-state index contributed by atoms with van der Waals surface area (Å²) in [5, 5.41) is 8.78. The molecular formula is C24H23Cl2N3O. The molecule has 1 aliphatic carbocycles. The highest BCUT2D eigenvalue weighted by atomic mass is 35.5. The van der Waals surface area contributed by atoms with Gasteiger partial charge in [0, 0.05) is 38.6 Å². The number of carbonyl (C=O) groups is 1. The molecule has 3 aromatic rings. The molecule has 0 atom stereocenters. The van der Waals surface area contributed by atoms with Crippen molar-refractivity contribution in [1.82, 2.24) is 9.78 Å². The summed E-state index contributed by atoms with van der Waals surface area (Å²) >= 11 is 12.6. The summed E-state index contributed by atoms with van der Waals surface area (Å²) in [6.45, 7) is 4.37. The number of fused-ring (bicyclic) bond motifs is 1. The Morgan fingerprint density at radius 2 is 1.87 bits per heavy atom. The second-order valence-electron chi connectivity index (χ2n) is 7.60. The lowest BCUT2D eigenvalue weighted by Crippen LogP contribution is -2.08. The highest BCUT2D eigenvalue weighted by Crippen LogP contribution is 2.27. The zero-order chi connectivity index (χ0) is 21.3. The molecule has 0 fully saturated rings. The molecule has 1 amide bonds. The van der Waals surface area contributed by atoms with Crippen molar-refractivity contribution in [2.45, 2.75) is 39.7 Å². The van der Waals surface area contributed by atoms with E-state index in [1.807, 2.05) is 48.9 Å². The lowest BCUT2D eigenvalue weighted by atomic mass is 10.1. The predicted molar refractivity (Wildman–Crippen MR) is 123 cm³/mol.